The van der Waals surface area contributed by atoms with E-state index in [9.17, 15) is 14.3 Å². The molecule has 0 aliphatic heterocycles. The summed E-state index contributed by atoms with van der Waals surface area (Å²) < 4.78 is 13.3. The average Bonchev–Trinajstić information content (AvgIpc) is 2.96. The van der Waals surface area contributed by atoms with E-state index < -0.39 is 12.0 Å². The monoisotopic (exact) mass is 340 g/mol. The number of fused-ring (bicyclic) bond motifs is 1. The van der Waals surface area contributed by atoms with Gasteiger partial charge in [0.15, 0.2) is 0 Å². The van der Waals surface area contributed by atoms with Crippen LogP contribution < -0.4 is 5.32 Å². The molecule has 3 aromatic rings. The number of rotatable bonds is 6. The molecule has 1 unspecified atom stereocenters. The first kappa shape index (κ1) is 17.2. The standard InChI is InChI=1S/C20H21FN2O2/c1-12-4-3-5-14(13(12)2)10-23-19(20(24)25)8-15-11-22-18-9-16(21)6-7-17(15)18/h3-7,9,11,19,22-23H,8,10H2,1-2H3,(H,24,25). The highest BCUT2D eigenvalue weighted by Gasteiger charge is 2.19. The molecule has 25 heavy (non-hydrogen) atoms. The molecule has 0 spiro atoms. The molecule has 0 radical (unpaired) electrons. The van der Waals surface area contributed by atoms with Crippen molar-refractivity contribution in [3.05, 3.63) is 70.7 Å². The first-order valence-electron chi connectivity index (χ1n) is 8.22. The number of H-pyrrole nitrogens is 1. The lowest BCUT2D eigenvalue weighted by Crippen LogP contribution is -2.38. The maximum Gasteiger partial charge on any atom is 0.321 e. The van der Waals surface area contributed by atoms with E-state index in [1.54, 1.807) is 12.3 Å². The SMILES string of the molecule is Cc1cccc(CNC(Cc2c[nH]c3cc(F)ccc23)C(=O)O)c1C. The molecule has 5 heteroatoms. The molecule has 0 saturated heterocycles. The number of carboxylic acids is 1. The van der Waals surface area contributed by atoms with E-state index >= 15 is 0 Å². The molecule has 1 aromatic heterocycles. The third-order valence-corrected chi connectivity index (χ3v) is 4.71. The van der Waals surface area contributed by atoms with Gasteiger partial charge in [-0.3, -0.25) is 4.79 Å². The van der Waals surface area contributed by atoms with Crippen molar-refractivity contribution >= 4 is 16.9 Å². The Morgan fingerprint density at radius 3 is 2.80 bits per heavy atom. The number of aryl methyl sites for hydroxylation is 1. The Bertz CT molecular complexity index is 917. The molecule has 0 aliphatic carbocycles. The second kappa shape index (κ2) is 7.07. The van der Waals surface area contributed by atoms with Crippen LogP contribution in [0, 0.1) is 19.7 Å². The van der Waals surface area contributed by atoms with Crippen LogP contribution in [0.2, 0.25) is 0 Å². The Hall–Kier alpha value is -2.66. The number of aromatic nitrogens is 1. The summed E-state index contributed by atoms with van der Waals surface area (Å²) in [6.07, 6.45) is 2.07. The minimum atomic E-state index is -0.901. The number of benzene rings is 2. The zero-order valence-electron chi connectivity index (χ0n) is 14.3. The summed E-state index contributed by atoms with van der Waals surface area (Å²) in [7, 11) is 0. The lowest BCUT2D eigenvalue weighted by Gasteiger charge is -2.16. The molecule has 130 valence electrons. The van der Waals surface area contributed by atoms with E-state index in [0.717, 1.165) is 16.5 Å². The second-order valence-electron chi connectivity index (χ2n) is 6.34. The van der Waals surface area contributed by atoms with E-state index in [1.807, 2.05) is 32.0 Å². The van der Waals surface area contributed by atoms with Gasteiger partial charge in [-0.25, -0.2) is 4.39 Å². The van der Waals surface area contributed by atoms with Crippen LogP contribution in [0.25, 0.3) is 10.9 Å². The summed E-state index contributed by atoms with van der Waals surface area (Å²) in [4.78, 5) is 14.7. The number of nitrogens with one attached hydrogen (secondary N) is 2. The van der Waals surface area contributed by atoms with Crippen molar-refractivity contribution in [3.63, 3.8) is 0 Å². The van der Waals surface area contributed by atoms with E-state index in [0.29, 0.717) is 18.5 Å². The Morgan fingerprint density at radius 2 is 2.04 bits per heavy atom. The first-order chi connectivity index (χ1) is 12.0. The number of aromatic amines is 1. The van der Waals surface area contributed by atoms with Crippen molar-refractivity contribution in [2.24, 2.45) is 0 Å². The molecule has 0 aliphatic rings. The Labute approximate surface area is 145 Å². The van der Waals surface area contributed by atoms with Gasteiger partial charge in [0, 0.05) is 30.1 Å². The highest BCUT2D eigenvalue weighted by molar-refractivity contribution is 5.84. The van der Waals surface area contributed by atoms with Gasteiger partial charge in [0.1, 0.15) is 11.9 Å². The van der Waals surface area contributed by atoms with Crippen molar-refractivity contribution in [1.82, 2.24) is 10.3 Å². The van der Waals surface area contributed by atoms with Crippen LogP contribution in [0.15, 0.2) is 42.6 Å². The zero-order chi connectivity index (χ0) is 18.0. The van der Waals surface area contributed by atoms with Crippen molar-refractivity contribution in [3.8, 4) is 0 Å². The van der Waals surface area contributed by atoms with E-state index in [1.165, 1.54) is 23.3 Å². The molecule has 3 N–H and O–H groups in total. The molecule has 0 fully saturated rings. The van der Waals surface area contributed by atoms with Gasteiger partial charge in [-0.2, -0.15) is 0 Å². The van der Waals surface area contributed by atoms with Crippen LogP contribution in [0.3, 0.4) is 0 Å². The average molecular weight is 340 g/mol. The van der Waals surface area contributed by atoms with Gasteiger partial charge in [-0.05, 0) is 54.3 Å². The predicted molar refractivity (Wildman–Crippen MR) is 96.1 cm³/mol. The lowest BCUT2D eigenvalue weighted by molar-refractivity contribution is -0.139. The number of carbonyl (C=O) groups is 1. The predicted octanol–water partition coefficient (Wildman–Crippen LogP) is 3.71. The largest absolute Gasteiger partial charge is 0.480 e. The minimum Gasteiger partial charge on any atom is -0.480 e. The van der Waals surface area contributed by atoms with Crippen LogP contribution in [0.1, 0.15) is 22.3 Å². The highest BCUT2D eigenvalue weighted by Crippen LogP contribution is 2.21. The Balaban J connectivity index is 1.77. The molecule has 0 amide bonds. The van der Waals surface area contributed by atoms with Gasteiger partial charge in [0.25, 0.3) is 0 Å². The smallest absolute Gasteiger partial charge is 0.321 e. The Kier molecular flexibility index (Phi) is 4.86. The minimum absolute atomic E-state index is 0.316. The second-order valence-corrected chi connectivity index (χ2v) is 6.34. The fourth-order valence-corrected chi connectivity index (χ4v) is 3.03. The van der Waals surface area contributed by atoms with Crippen LogP contribution in [0.5, 0.6) is 0 Å². The summed E-state index contributed by atoms with van der Waals surface area (Å²) in [5.41, 5.74) is 4.98. The fourth-order valence-electron chi connectivity index (χ4n) is 3.03. The molecule has 3 rings (SSSR count). The number of hydrogen-bond donors (Lipinski definition) is 3. The van der Waals surface area contributed by atoms with Gasteiger partial charge in [-0.15, -0.1) is 0 Å². The van der Waals surface area contributed by atoms with Crippen LogP contribution in [0.4, 0.5) is 4.39 Å². The topological polar surface area (TPSA) is 65.1 Å². The van der Waals surface area contributed by atoms with Crippen LogP contribution in [-0.2, 0) is 17.8 Å². The summed E-state index contributed by atoms with van der Waals surface area (Å²) in [5, 5.41) is 13.5. The molecule has 1 atom stereocenters. The quantitative estimate of drug-likeness (QED) is 0.641. The van der Waals surface area contributed by atoms with Gasteiger partial charge < -0.3 is 15.4 Å². The van der Waals surface area contributed by atoms with Gasteiger partial charge in [-0.1, -0.05) is 18.2 Å². The number of aliphatic carboxylic acids is 1. The van der Waals surface area contributed by atoms with Crippen LogP contribution in [-0.4, -0.2) is 22.1 Å². The maximum atomic E-state index is 13.3. The van der Waals surface area contributed by atoms with E-state index in [4.69, 9.17) is 0 Å². The third kappa shape index (κ3) is 3.72. The maximum absolute atomic E-state index is 13.3. The fraction of sp³-hybridized carbons (Fsp3) is 0.250. The molecule has 0 saturated carbocycles. The number of halogens is 1. The zero-order valence-corrected chi connectivity index (χ0v) is 14.3. The van der Waals surface area contributed by atoms with Crippen molar-refractivity contribution < 1.29 is 14.3 Å². The van der Waals surface area contributed by atoms with Gasteiger partial charge in [0.05, 0.1) is 0 Å². The van der Waals surface area contributed by atoms with E-state index in [2.05, 4.69) is 10.3 Å². The Morgan fingerprint density at radius 1 is 1.24 bits per heavy atom. The van der Waals surface area contributed by atoms with Crippen molar-refractivity contribution in [2.75, 3.05) is 0 Å². The number of carboxylic acid groups (broad SMARTS) is 1. The summed E-state index contributed by atoms with van der Waals surface area (Å²) in [6, 6.07) is 9.78. The van der Waals surface area contributed by atoms with Crippen molar-refractivity contribution in [1.29, 1.82) is 0 Å². The van der Waals surface area contributed by atoms with E-state index in [-0.39, 0.29) is 5.82 Å². The summed E-state index contributed by atoms with van der Waals surface area (Å²) in [5.74, 6) is -1.22. The molecule has 0 bridgehead atoms. The molecule has 2 aromatic carbocycles. The molecule has 4 nitrogen and oxygen atoms in total. The molecule has 1 heterocycles. The summed E-state index contributed by atoms with van der Waals surface area (Å²) in [6.45, 7) is 4.57. The lowest BCUT2D eigenvalue weighted by atomic mass is 10.0. The normalized spacial score (nSPS) is 12.4. The van der Waals surface area contributed by atoms with Gasteiger partial charge in [0.2, 0.25) is 0 Å². The van der Waals surface area contributed by atoms with Crippen molar-refractivity contribution in [2.45, 2.75) is 32.9 Å². The number of hydrogen-bond acceptors (Lipinski definition) is 2. The molecular weight excluding hydrogens is 319 g/mol. The van der Waals surface area contributed by atoms with Gasteiger partial charge >= 0.3 is 5.97 Å². The summed E-state index contributed by atoms with van der Waals surface area (Å²) >= 11 is 0. The first-order valence-corrected chi connectivity index (χ1v) is 8.22. The third-order valence-electron chi connectivity index (χ3n) is 4.71. The van der Waals surface area contributed by atoms with Crippen LogP contribution >= 0.6 is 0 Å². The highest BCUT2D eigenvalue weighted by atomic mass is 19.1. The molecular formula is C20H21FN2O2.